The molecule has 1 atom stereocenters. The van der Waals surface area contributed by atoms with Crippen molar-refractivity contribution in [3.05, 3.63) is 94.7 Å². The molecule has 0 radical (unpaired) electrons. The molecular formula is C39H50N2O3. The van der Waals surface area contributed by atoms with E-state index in [1.807, 2.05) is 18.2 Å². The highest BCUT2D eigenvalue weighted by atomic mass is 16.6. The summed E-state index contributed by atoms with van der Waals surface area (Å²) in [5.41, 5.74) is 5.71. The molecule has 0 fully saturated rings. The minimum atomic E-state index is -1.13. The summed E-state index contributed by atoms with van der Waals surface area (Å²) in [4.78, 5) is 16.1. The molecule has 0 bridgehead atoms. The first-order valence-electron chi connectivity index (χ1n) is 16.9. The number of hydrogen-bond donors (Lipinski definition) is 0. The molecule has 3 aromatic carbocycles. The van der Waals surface area contributed by atoms with Crippen molar-refractivity contribution >= 4 is 22.6 Å². The quantitative estimate of drug-likeness (QED) is 0.0957. The number of esters is 1. The number of ether oxygens (including phenoxy) is 2. The fourth-order valence-corrected chi connectivity index (χ4v) is 6.98. The molecule has 5 rings (SSSR count). The normalized spacial score (nSPS) is 15.9. The molecule has 0 amide bonds. The van der Waals surface area contributed by atoms with Crippen LogP contribution >= 0.6 is 0 Å². The predicted molar refractivity (Wildman–Crippen MR) is 182 cm³/mol. The van der Waals surface area contributed by atoms with E-state index in [1.54, 1.807) is 0 Å². The van der Waals surface area contributed by atoms with Crippen molar-refractivity contribution in [3.63, 3.8) is 0 Å². The molecule has 5 nitrogen and oxygen atoms in total. The Balaban J connectivity index is 1.73. The first-order valence-corrected chi connectivity index (χ1v) is 16.9. The van der Waals surface area contributed by atoms with Gasteiger partial charge in [-0.15, -0.1) is 0 Å². The molecule has 2 heterocycles. The maximum atomic E-state index is 13.7. The lowest BCUT2D eigenvalue weighted by atomic mass is 9.78. The van der Waals surface area contributed by atoms with Gasteiger partial charge in [-0.25, -0.2) is 4.79 Å². The Kier molecular flexibility index (Phi) is 10.3. The summed E-state index contributed by atoms with van der Waals surface area (Å²) in [5.74, 6) is 0.486. The highest BCUT2D eigenvalue weighted by molar-refractivity contribution is 5.99. The van der Waals surface area contributed by atoms with E-state index in [2.05, 4.69) is 92.6 Å². The molecule has 44 heavy (non-hydrogen) atoms. The van der Waals surface area contributed by atoms with E-state index in [0.717, 1.165) is 78.1 Å². The van der Waals surface area contributed by atoms with Gasteiger partial charge in [0.2, 0.25) is 0 Å². The van der Waals surface area contributed by atoms with Gasteiger partial charge < -0.3 is 18.9 Å². The molecule has 4 aromatic rings. The summed E-state index contributed by atoms with van der Waals surface area (Å²) in [6.45, 7) is 14.3. The number of hydrogen-bond acceptors (Lipinski definition) is 4. The topological polar surface area (TPSA) is 43.7 Å². The maximum absolute atomic E-state index is 13.7. The maximum Gasteiger partial charge on any atom is 0.340 e. The van der Waals surface area contributed by atoms with Crippen LogP contribution in [0.15, 0.2) is 66.7 Å². The second kappa shape index (κ2) is 14.4. The lowest BCUT2D eigenvalue weighted by Crippen LogP contribution is -2.31. The van der Waals surface area contributed by atoms with Crippen molar-refractivity contribution in [2.75, 3.05) is 24.6 Å². The van der Waals surface area contributed by atoms with Crippen molar-refractivity contribution in [1.82, 2.24) is 4.57 Å². The number of nitrogens with zero attached hydrogens (tertiary/aromatic N) is 2. The van der Waals surface area contributed by atoms with E-state index in [0.29, 0.717) is 12.2 Å². The zero-order valence-corrected chi connectivity index (χ0v) is 27.5. The minimum absolute atomic E-state index is 0.292. The summed E-state index contributed by atoms with van der Waals surface area (Å²) < 4.78 is 15.8. The molecule has 5 heteroatoms. The lowest BCUT2D eigenvalue weighted by molar-refractivity contribution is 0.0245. The van der Waals surface area contributed by atoms with Crippen LogP contribution in [0.1, 0.15) is 112 Å². The van der Waals surface area contributed by atoms with Crippen molar-refractivity contribution in [2.24, 2.45) is 0 Å². The SMILES string of the molecule is CCCCCCCCn1c(C)c(C2(c3ccc(N(CC)CC)cc3OCCCC)OC(=O)c3ccccc32)c2ccccc21. The summed E-state index contributed by atoms with van der Waals surface area (Å²) in [7, 11) is 0. The first kappa shape index (κ1) is 31.7. The Morgan fingerprint density at radius 1 is 0.795 bits per heavy atom. The summed E-state index contributed by atoms with van der Waals surface area (Å²) in [6, 6.07) is 23.0. The molecule has 0 saturated carbocycles. The molecule has 234 valence electrons. The average Bonchev–Trinajstić information content (AvgIpc) is 3.50. The van der Waals surface area contributed by atoms with Crippen LogP contribution in [0.4, 0.5) is 5.69 Å². The highest BCUT2D eigenvalue weighted by Crippen LogP contribution is 2.53. The predicted octanol–water partition coefficient (Wildman–Crippen LogP) is 9.80. The molecule has 1 unspecified atom stereocenters. The lowest BCUT2D eigenvalue weighted by Gasteiger charge is -2.33. The van der Waals surface area contributed by atoms with Crippen LogP contribution in [0.3, 0.4) is 0 Å². The Labute approximate surface area is 264 Å². The van der Waals surface area contributed by atoms with Gasteiger partial charge in [0.05, 0.1) is 12.2 Å². The van der Waals surface area contributed by atoms with E-state index >= 15 is 0 Å². The second-order valence-electron chi connectivity index (χ2n) is 12.1. The van der Waals surface area contributed by atoms with Crippen molar-refractivity contribution in [3.8, 4) is 5.75 Å². The zero-order chi connectivity index (χ0) is 31.1. The van der Waals surface area contributed by atoms with E-state index in [1.165, 1.54) is 37.6 Å². The third kappa shape index (κ3) is 5.86. The van der Waals surface area contributed by atoms with Crippen LogP contribution in [0.5, 0.6) is 5.75 Å². The molecule has 1 aliphatic heterocycles. The Bertz CT molecular complexity index is 1570. The van der Waals surface area contributed by atoms with Gasteiger partial charge in [0, 0.05) is 64.7 Å². The number of anilines is 1. The van der Waals surface area contributed by atoms with Gasteiger partial charge in [0.1, 0.15) is 5.75 Å². The fraction of sp³-hybridized carbons (Fsp3) is 0.462. The largest absolute Gasteiger partial charge is 0.493 e. The molecule has 1 aromatic heterocycles. The first-order chi connectivity index (χ1) is 21.5. The molecule has 1 aliphatic rings. The van der Waals surface area contributed by atoms with Crippen LogP contribution in [0, 0.1) is 6.92 Å². The van der Waals surface area contributed by atoms with Gasteiger partial charge in [-0.3, -0.25) is 0 Å². The molecular weight excluding hydrogens is 544 g/mol. The van der Waals surface area contributed by atoms with Crippen LogP contribution in [0.2, 0.25) is 0 Å². The molecule has 0 saturated heterocycles. The van der Waals surface area contributed by atoms with Crippen molar-refractivity contribution in [2.45, 2.75) is 98.1 Å². The van der Waals surface area contributed by atoms with Gasteiger partial charge in [-0.2, -0.15) is 0 Å². The van der Waals surface area contributed by atoms with Crippen molar-refractivity contribution in [1.29, 1.82) is 0 Å². The monoisotopic (exact) mass is 594 g/mol. The Morgan fingerprint density at radius 2 is 1.50 bits per heavy atom. The fourth-order valence-electron chi connectivity index (χ4n) is 6.98. The Morgan fingerprint density at radius 3 is 2.27 bits per heavy atom. The minimum Gasteiger partial charge on any atom is -0.493 e. The second-order valence-corrected chi connectivity index (χ2v) is 12.1. The number of para-hydroxylation sites is 1. The number of fused-ring (bicyclic) bond motifs is 2. The van der Waals surface area contributed by atoms with E-state index in [4.69, 9.17) is 9.47 Å². The smallest absolute Gasteiger partial charge is 0.340 e. The van der Waals surface area contributed by atoms with Crippen LogP contribution in [-0.2, 0) is 16.9 Å². The van der Waals surface area contributed by atoms with E-state index < -0.39 is 5.60 Å². The average molecular weight is 595 g/mol. The number of aryl methyl sites for hydroxylation is 1. The van der Waals surface area contributed by atoms with Crippen LogP contribution in [0.25, 0.3) is 10.9 Å². The summed E-state index contributed by atoms with van der Waals surface area (Å²) in [5, 5.41) is 1.12. The van der Waals surface area contributed by atoms with Gasteiger partial charge in [0.15, 0.2) is 5.60 Å². The number of aromatic nitrogens is 1. The number of cyclic esters (lactones) is 1. The third-order valence-corrected chi connectivity index (χ3v) is 9.32. The van der Waals surface area contributed by atoms with Crippen LogP contribution in [-0.4, -0.2) is 30.2 Å². The molecule has 0 spiro atoms. The number of rotatable bonds is 16. The van der Waals surface area contributed by atoms with Gasteiger partial charge >= 0.3 is 5.97 Å². The standard InChI is InChI=1S/C39H50N2O3/c1-6-10-12-13-14-19-26-41-29(5)37(32-21-16-18-23-35(32)41)39(33-22-17-15-20-31(33)38(42)44-39)34-25-24-30(40(8-3)9-4)28-36(34)43-27-11-7-2/h15-18,20-25,28H,6-14,19,26-27H2,1-5H3. The number of carbonyl (C=O) groups excluding carboxylic acids is 1. The Hall–Kier alpha value is -3.73. The molecule has 0 N–H and O–H groups in total. The van der Waals surface area contributed by atoms with E-state index in [-0.39, 0.29) is 5.97 Å². The third-order valence-electron chi connectivity index (χ3n) is 9.32. The zero-order valence-electron chi connectivity index (χ0n) is 27.5. The summed E-state index contributed by atoms with van der Waals surface area (Å²) in [6.07, 6.45) is 9.46. The highest BCUT2D eigenvalue weighted by Gasteiger charge is 2.52. The number of unbranched alkanes of at least 4 members (excludes halogenated alkanes) is 6. The van der Waals surface area contributed by atoms with Crippen molar-refractivity contribution < 1.29 is 14.3 Å². The molecule has 0 aliphatic carbocycles. The number of carbonyl (C=O) groups is 1. The van der Waals surface area contributed by atoms with Crippen LogP contribution < -0.4 is 9.64 Å². The van der Waals surface area contributed by atoms with E-state index in [9.17, 15) is 4.79 Å². The van der Waals surface area contributed by atoms with Gasteiger partial charge in [-0.05, 0) is 57.9 Å². The van der Waals surface area contributed by atoms with Gasteiger partial charge in [-0.1, -0.05) is 88.8 Å². The number of benzene rings is 3. The van der Waals surface area contributed by atoms with Gasteiger partial charge in [0.25, 0.3) is 0 Å². The summed E-state index contributed by atoms with van der Waals surface area (Å²) >= 11 is 0.